The van der Waals surface area contributed by atoms with Crippen LogP contribution in [0.2, 0.25) is 0 Å². The van der Waals surface area contributed by atoms with Crippen LogP contribution in [0.4, 0.5) is 0 Å². The first-order valence-corrected chi connectivity index (χ1v) is 12.2. The van der Waals surface area contributed by atoms with Gasteiger partial charge in [-0.3, -0.25) is 0 Å². The molecule has 0 spiro atoms. The van der Waals surface area contributed by atoms with Gasteiger partial charge in [0, 0.05) is 22.1 Å². The molecule has 2 aliphatic rings. The second-order valence-electron chi connectivity index (χ2n) is 9.11. The molecule has 5 heterocycles. The van der Waals surface area contributed by atoms with E-state index in [9.17, 15) is 0 Å². The van der Waals surface area contributed by atoms with Gasteiger partial charge in [-0.1, -0.05) is 39.0 Å². The number of hydrogen-bond acceptors (Lipinski definition) is 2. The number of fused-ring (bicyclic) bond motifs is 8. The topological polar surface area (TPSA) is 57.4 Å². The molecule has 0 aromatic carbocycles. The maximum Gasteiger partial charge on any atom is 0.0659 e. The molecule has 0 radical (unpaired) electrons. The SMILES string of the molecule is CCCCCCCCc1c(C)c2cc3ccc(cc4nc(cc5nc(cc1[nH]2)C=C5)C=C4)[nH]3. The number of nitrogens with zero attached hydrogens (tertiary/aromatic N) is 2. The number of aromatic amines is 2. The van der Waals surface area contributed by atoms with E-state index in [-0.39, 0.29) is 0 Å². The molecule has 3 aromatic heterocycles. The molecule has 0 fully saturated rings. The third kappa shape index (κ3) is 5.00. The van der Waals surface area contributed by atoms with Crippen molar-refractivity contribution < 1.29 is 0 Å². The van der Waals surface area contributed by atoms with Crippen LogP contribution in [0.3, 0.4) is 0 Å². The fraction of sp³-hybridized carbons (Fsp3) is 0.310. The lowest BCUT2D eigenvalue weighted by atomic mass is 10.0. The molecule has 33 heavy (non-hydrogen) atoms. The Bertz CT molecular complexity index is 1370. The van der Waals surface area contributed by atoms with Crippen LogP contribution in [0.25, 0.3) is 46.4 Å². The van der Waals surface area contributed by atoms with E-state index in [4.69, 9.17) is 9.97 Å². The smallest absolute Gasteiger partial charge is 0.0659 e. The Morgan fingerprint density at radius 1 is 0.636 bits per heavy atom. The van der Waals surface area contributed by atoms with Crippen molar-refractivity contribution in [1.82, 2.24) is 19.9 Å². The standard InChI is InChI=1S/C29H32N4/c1-3-4-5-6-7-8-9-27-20(2)28-18-25-14-12-23(31-25)16-21-10-11-22(30-21)17-24-13-15-26(32-24)19-29(27)33-28/h10-19,31,33H,3-9H2,1-2H3. The Morgan fingerprint density at radius 2 is 1.24 bits per heavy atom. The highest BCUT2D eigenvalue weighted by Crippen LogP contribution is 2.25. The van der Waals surface area contributed by atoms with Crippen LogP contribution < -0.4 is 0 Å². The van der Waals surface area contributed by atoms with Crippen LogP contribution in [-0.2, 0) is 6.42 Å². The van der Waals surface area contributed by atoms with Gasteiger partial charge in [-0.25, -0.2) is 9.97 Å². The van der Waals surface area contributed by atoms with Crippen molar-refractivity contribution >= 4 is 46.4 Å². The monoisotopic (exact) mass is 436 g/mol. The molecule has 0 amide bonds. The van der Waals surface area contributed by atoms with E-state index in [0.717, 1.165) is 45.7 Å². The normalized spacial score (nSPS) is 12.5. The lowest BCUT2D eigenvalue weighted by Crippen LogP contribution is -1.88. The Labute approximate surface area is 195 Å². The maximum atomic E-state index is 4.82. The van der Waals surface area contributed by atoms with Crippen molar-refractivity contribution in [2.75, 3.05) is 0 Å². The van der Waals surface area contributed by atoms with Crippen LogP contribution in [0, 0.1) is 6.92 Å². The van der Waals surface area contributed by atoms with Gasteiger partial charge in [-0.05, 0) is 91.6 Å². The number of nitrogens with one attached hydrogen (secondary N) is 2. The predicted molar refractivity (Wildman–Crippen MR) is 141 cm³/mol. The molecule has 2 N–H and O–H groups in total. The lowest BCUT2D eigenvalue weighted by molar-refractivity contribution is 0.608. The Morgan fingerprint density at radius 3 is 1.97 bits per heavy atom. The number of aromatic nitrogens is 4. The second kappa shape index (κ2) is 9.62. The molecule has 3 aromatic rings. The highest BCUT2D eigenvalue weighted by Gasteiger charge is 2.09. The van der Waals surface area contributed by atoms with Crippen molar-refractivity contribution in [2.45, 2.75) is 58.8 Å². The van der Waals surface area contributed by atoms with Gasteiger partial charge in [0.15, 0.2) is 0 Å². The molecular weight excluding hydrogens is 404 g/mol. The summed E-state index contributed by atoms with van der Waals surface area (Å²) in [5.74, 6) is 0. The van der Waals surface area contributed by atoms with Crippen LogP contribution in [0.5, 0.6) is 0 Å². The summed E-state index contributed by atoms with van der Waals surface area (Å²) in [6.45, 7) is 4.51. The zero-order valence-corrected chi connectivity index (χ0v) is 19.6. The van der Waals surface area contributed by atoms with Crippen LogP contribution in [0.15, 0.2) is 36.4 Å². The van der Waals surface area contributed by atoms with Gasteiger partial charge in [0.2, 0.25) is 0 Å². The first-order valence-electron chi connectivity index (χ1n) is 12.2. The van der Waals surface area contributed by atoms with Crippen molar-refractivity contribution in [1.29, 1.82) is 0 Å². The highest BCUT2D eigenvalue weighted by atomic mass is 14.8. The van der Waals surface area contributed by atoms with Gasteiger partial charge < -0.3 is 9.97 Å². The summed E-state index contributed by atoms with van der Waals surface area (Å²) in [5.41, 5.74) is 11.0. The van der Waals surface area contributed by atoms with Gasteiger partial charge in [-0.15, -0.1) is 0 Å². The van der Waals surface area contributed by atoms with Gasteiger partial charge in [0.25, 0.3) is 0 Å². The quantitative estimate of drug-likeness (QED) is 0.255. The minimum absolute atomic E-state index is 0.929. The van der Waals surface area contributed by atoms with Gasteiger partial charge in [0.05, 0.1) is 22.8 Å². The van der Waals surface area contributed by atoms with Crippen LogP contribution in [0.1, 0.15) is 79.4 Å². The third-order valence-electron chi connectivity index (χ3n) is 6.52. The van der Waals surface area contributed by atoms with E-state index in [2.05, 4.69) is 66.3 Å². The van der Waals surface area contributed by atoms with Crippen molar-refractivity contribution in [2.24, 2.45) is 0 Å². The molecule has 0 unspecified atom stereocenters. The minimum atomic E-state index is 0.929. The fourth-order valence-corrected chi connectivity index (χ4v) is 4.67. The molecule has 0 saturated heterocycles. The zero-order chi connectivity index (χ0) is 22.6. The maximum absolute atomic E-state index is 4.82. The van der Waals surface area contributed by atoms with Gasteiger partial charge in [-0.2, -0.15) is 0 Å². The molecule has 5 rings (SSSR count). The highest BCUT2D eigenvalue weighted by molar-refractivity contribution is 5.79. The summed E-state index contributed by atoms with van der Waals surface area (Å²) in [5, 5.41) is 0. The van der Waals surface area contributed by atoms with E-state index in [1.807, 2.05) is 18.2 Å². The molecule has 168 valence electrons. The molecule has 4 nitrogen and oxygen atoms in total. The number of aryl methyl sites for hydroxylation is 2. The van der Waals surface area contributed by atoms with E-state index >= 15 is 0 Å². The van der Waals surface area contributed by atoms with Gasteiger partial charge in [0.1, 0.15) is 0 Å². The van der Waals surface area contributed by atoms with Crippen LogP contribution in [-0.4, -0.2) is 19.9 Å². The fourth-order valence-electron chi connectivity index (χ4n) is 4.67. The van der Waals surface area contributed by atoms with Gasteiger partial charge >= 0.3 is 0 Å². The molecular formula is C29H32N4. The van der Waals surface area contributed by atoms with E-state index < -0.39 is 0 Å². The Balaban J connectivity index is 1.61. The molecule has 0 aliphatic carbocycles. The summed E-state index contributed by atoms with van der Waals surface area (Å²) in [4.78, 5) is 16.7. The average Bonchev–Trinajstić information content (AvgIpc) is 3.58. The first-order chi connectivity index (χ1) is 16.2. The van der Waals surface area contributed by atoms with Crippen LogP contribution >= 0.6 is 0 Å². The summed E-state index contributed by atoms with van der Waals surface area (Å²) < 4.78 is 0. The zero-order valence-electron chi connectivity index (χ0n) is 19.6. The summed E-state index contributed by atoms with van der Waals surface area (Å²) in [6, 6.07) is 12.8. The number of unbranched alkanes of at least 4 members (excludes halogenated alkanes) is 5. The summed E-state index contributed by atoms with van der Waals surface area (Å²) in [7, 11) is 0. The third-order valence-corrected chi connectivity index (χ3v) is 6.52. The van der Waals surface area contributed by atoms with Crippen molar-refractivity contribution in [3.05, 3.63) is 70.3 Å². The molecule has 2 aliphatic heterocycles. The lowest BCUT2D eigenvalue weighted by Gasteiger charge is -2.02. The predicted octanol–water partition coefficient (Wildman–Crippen LogP) is 7.87. The summed E-state index contributed by atoms with van der Waals surface area (Å²) in [6.07, 6.45) is 17.2. The second-order valence-corrected chi connectivity index (χ2v) is 9.11. The Hall–Kier alpha value is -3.40. The molecule has 4 heteroatoms. The number of rotatable bonds is 7. The largest absolute Gasteiger partial charge is 0.355 e. The van der Waals surface area contributed by atoms with E-state index in [0.29, 0.717) is 0 Å². The van der Waals surface area contributed by atoms with Crippen molar-refractivity contribution in [3.8, 4) is 0 Å². The average molecular weight is 437 g/mol. The number of hydrogen-bond donors (Lipinski definition) is 2. The Kier molecular flexibility index (Phi) is 6.25. The molecule has 0 saturated carbocycles. The summed E-state index contributed by atoms with van der Waals surface area (Å²) >= 11 is 0. The van der Waals surface area contributed by atoms with E-state index in [1.54, 1.807) is 0 Å². The van der Waals surface area contributed by atoms with Crippen molar-refractivity contribution in [3.63, 3.8) is 0 Å². The van der Waals surface area contributed by atoms with E-state index in [1.165, 1.54) is 55.2 Å². The molecule has 0 atom stereocenters. The minimum Gasteiger partial charge on any atom is -0.355 e. The first kappa shape index (κ1) is 21.4. The number of H-pyrrole nitrogens is 2. The molecule has 8 bridgehead atoms.